The van der Waals surface area contributed by atoms with Gasteiger partial charge in [-0.1, -0.05) is 13.8 Å². The third-order valence-corrected chi connectivity index (χ3v) is 6.57. The number of nitrogens with two attached hydrogens (primary N) is 1. The van der Waals surface area contributed by atoms with Gasteiger partial charge in [-0.15, -0.1) is 0 Å². The van der Waals surface area contributed by atoms with Gasteiger partial charge in [0.1, 0.15) is 4.90 Å². The molecule has 0 aliphatic carbocycles. The van der Waals surface area contributed by atoms with Crippen molar-refractivity contribution in [1.82, 2.24) is 9.78 Å². The molecule has 0 aliphatic rings. The van der Waals surface area contributed by atoms with Crippen LogP contribution >= 0.6 is 0 Å². The number of rotatable bonds is 7. The van der Waals surface area contributed by atoms with Gasteiger partial charge in [-0.3, -0.25) is 4.68 Å². The largest absolute Gasteiger partial charge is 0.267 e. The van der Waals surface area contributed by atoms with Crippen molar-refractivity contribution in [2.45, 2.75) is 57.2 Å². The molecular formula is C12H23N3O4S2. The Labute approximate surface area is 126 Å². The molecule has 21 heavy (non-hydrogen) atoms. The third-order valence-electron chi connectivity index (χ3n) is 3.34. The highest BCUT2D eigenvalue weighted by atomic mass is 32.2. The number of aromatic nitrogens is 2. The van der Waals surface area contributed by atoms with Crippen molar-refractivity contribution >= 4 is 19.9 Å². The van der Waals surface area contributed by atoms with Crippen LogP contribution in [0.4, 0.5) is 0 Å². The van der Waals surface area contributed by atoms with E-state index in [1.54, 1.807) is 27.7 Å². The Morgan fingerprint density at radius 1 is 1.14 bits per heavy atom. The summed E-state index contributed by atoms with van der Waals surface area (Å²) in [5, 5.41) is 9.00. The van der Waals surface area contributed by atoms with E-state index >= 15 is 0 Å². The Morgan fingerprint density at radius 3 is 2.10 bits per heavy atom. The van der Waals surface area contributed by atoms with Crippen LogP contribution in [-0.2, 0) is 39.2 Å². The summed E-state index contributed by atoms with van der Waals surface area (Å²) in [6.45, 7) is 6.94. The van der Waals surface area contributed by atoms with E-state index in [-0.39, 0.29) is 17.2 Å². The van der Waals surface area contributed by atoms with Crippen molar-refractivity contribution in [1.29, 1.82) is 0 Å². The predicted molar refractivity (Wildman–Crippen MR) is 81.3 cm³/mol. The molecule has 0 spiro atoms. The van der Waals surface area contributed by atoms with Gasteiger partial charge in [0.2, 0.25) is 10.0 Å². The summed E-state index contributed by atoms with van der Waals surface area (Å²) in [6.07, 6.45) is 0.836. The summed E-state index contributed by atoms with van der Waals surface area (Å²) in [6, 6.07) is 0. The second kappa shape index (κ2) is 6.45. The lowest BCUT2D eigenvalue weighted by Crippen LogP contribution is -2.22. The first-order valence-corrected chi connectivity index (χ1v) is 10.1. The Bertz CT molecular complexity index is 703. The Morgan fingerprint density at radius 2 is 1.71 bits per heavy atom. The molecule has 122 valence electrons. The Balaban J connectivity index is 3.24. The zero-order valence-corrected chi connectivity index (χ0v) is 14.5. The normalized spacial score (nSPS) is 13.0. The number of primary sulfonamides is 1. The van der Waals surface area contributed by atoms with Crippen LogP contribution in [0.1, 0.15) is 39.1 Å². The van der Waals surface area contributed by atoms with Gasteiger partial charge in [0, 0.05) is 0 Å². The number of nitrogens with zero attached hydrogens (tertiary/aromatic N) is 2. The van der Waals surface area contributed by atoms with E-state index in [9.17, 15) is 16.8 Å². The van der Waals surface area contributed by atoms with Crippen LogP contribution in [0.15, 0.2) is 4.90 Å². The number of hydrogen-bond acceptors (Lipinski definition) is 5. The van der Waals surface area contributed by atoms with Crippen molar-refractivity contribution in [3.63, 3.8) is 0 Å². The van der Waals surface area contributed by atoms with Crippen molar-refractivity contribution in [3.05, 3.63) is 11.4 Å². The maximum absolute atomic E-state index is 11.9. The number of sulfonamides is 1. The van der Waals surface area contributed by atoms with Crippen LogP contribution in [0.2, 0.25) is 0 Å². The van der Waals surface area contributed by atoms with Gasteiger partial charge < -0.3 is 0 Å². The van der Waals surface area contributed by atoms with E-state index in [2.05, 4.69) is 5.10 Å². The van der Waals surface area contributed by atoms with Crippen molar-refractivity contribution < 1.29 is 16.8 Å². The van der Waals surface area contributed by atoms with Crippen LogP contribution in [0.5, 0.6) is 0 Å². The average molecular weight is 337 g/mol. The van der Waals surface area contributed by atoms with Crippen LogP contribution in [0, 0.1) is 0 Å². The molecule has 0 bridgehead atoms. The third kappa shape index (κ3) is 4.04. The van der Waals surface area contributed by atoms with E-state index in [0.29, 0.717) is 24.2 Å². The molecule has 0 saturated carbocycles. The molecule has 1 aromatic heterocycles. The van der Waals surface area contributed by atoms with Gasteiger partial charge in [-0.05, 0) is 26.7 Å². The molecule has 9 heteroatoms. The van der Waals surface area contributed by atoms with E-state index in [4.69, 9.17) is 5.14 Å². The smallest absolute Gasteiger partial charge is 0.241 e. The van der Waals surface area contributed by atoms with Gasteiger partial charge in [-0.25, -0.2) is 22.0 Å². The summed E-state index contributed by atoms with van der Waals surface area (Å²) >= 11 is 0. The highest BCUT2D eigenvalue weighted by Gasteiger charge is 2.25. The second-order valence-corrected chi connectivity index (χ2v) is 9.29. The lowest BCUT2D eigenvalue weighted by molar-refractivity contribution is 0.564. The fraction of sp³-hybridized carbons (Fsp3) is 0.750. The van der Waals surface area contributed by atoms with Crippen LogP contribution < -0.4 is 5.14 Å². The molecule has 0 unspecified atom stereocenters. The lowest BCUT2D eigenvalue weighted by Gasteiger charge is -2.10. The Kier molecular flexibility index (Phi) is 5.57. The minimum Gasteiger partial charge on any atom is -0.267 e. The molecule has 0 amide bonds. The fourth-order valence-corrected chi connectivity index (χ4v) is 4.06. The average Bonchev–Trinajstić information content (AvgIpc) is 2.73. The van der Waals surface area contributed by atoms with Crippen molar-refractivity contribution in [3.8, 4) is 0 Å². The molecule has 7 nitrogen and oxygen atoms in total. The molecule has 2 N–H and O–H groups in total. The molecule has 0 aliphatic heterocycles. The van der Waals surface area contributed by atoms with Crippen molar-refractivity contribution in [2.24, 2.45) is 5.14 Å². The maximum atomic E-state index is 11.9. The number of sulfone groups is 1. The molecule has 1 heterocycles. The topological polar surface area (TPSA) is 112 Å². The summed E-state index contributed by atoms with van der Waals surface area (Å²) in [4.78, 5) is 0.0365. The van der Waals surface area contributed by atoms with Crippen molar-refractivity contribution in [2.75, 3.05) is 5.75 Å². The zero-order valence-electron chi connectivity index (χ0n) is 12.8. The first kappa shape index (κ1) is 18.1. The van der Waals surface area contributed by atoms with Crippen LogP contribution in [-0.4, -0.2) is 37.6 Å². The number of aryl methyl sites for hydroxylation is 2. The van der Waals surface area contributed by atoms with Crippen LogP contribution in [0.25, 0.3) is 0 Å². The summed E-state index contributed by atoms with van der Waals surface area (Å²) in [7, 11) is -7.08. The standard InChI is InChI=1S/C12H23N3O4S2/c1-5-10-12(21(13,18)19)11(6-2)15(14-10)7-8-20(16,17)9(3)4/h9H,5-8H2,1-4H3,(H2,13,18,19). The molecule has 1 rings (SSSR count). The zero-order chi connectivity index (χ0) is 16.4. The molecule has 0 radical (unpaired) electrons. The summed E-state index contributed by atoms with van der Waals surface area (Å²) in [5.74, 6) is -0.0768. The fourth-order valence-electron chi connectivity index (χ4n) is 2.07. The minimum atomic E-state index is -3.87. The second-order valence-electron chi connectivity index (χ2n) is 5.11. The van der Waals surface area contributed by atoms with Crippen LogP contribution in [0.3, 0.4) is 0 Å². The van der Waals surface area contributed by atoms with Gasteiger partial charge in [0.05, 0.1) is 28.9 Å². The quantitative estimate of drug-likeness (QED) is 0.777. The van der Waals surface area contributed by atoms with Gasteiger partial charge in [0.25, 0.3) is 0 Å². The van der Waals surface area contributed by atoms with E-state index in [1.165, 1.54) is 4.68 Å². The monoisotopic (exact) mass is 337 g/mol. The number of hydrogen-bond donors (Lipinski definition) is 1. The molecule has 1 aromatic rings. The molecule has 0 atom stereocenters. The molecule has 0 fully saturated rings. The van der Waals surface area contributed by atoms with E-state index in [0.717, 1.165) is 0 Å². The van der Waals surface area contributed by atoms with Gasteiger partial charge in [0.15, 0.2) is 9.84 Å². The molecule has 0 saturated heterocycles. The SMILES string of the molecule is CCc1nn(CCS(=O)(=O)C(C)C)c(CC)c1S(N)(=O)=O. The van der Waals surface area contributed by atoms with E-state index < -0.39 is 25.1 Å². The summed E-state index contributed by atoms with van der Waals surface area (Å²) in [5.41, 5.74) is 0.851. The molecular weight excluding hydrogens is 314 g/mol. The maximum Gasteiger partial charge on any atom is 0.241 e. The highest BCUT2D eigenvalue weighted by Crippen LogP contribution is 2.21. The highest BCUT2D eigenvalue weighted by molar-refractivity contribution is 7.91. The van der Waals surface area contributed by atoms with Gasteiger partial charge in [-0.2, -0.15) is 5.10 Å². The lowest BCUT2D eigenvalue weighted by atomic mass is 10.2. The first-order chi connectivity index (χ1) is 9.54. The first-order valence-electron chi connectivity index (χ1n) is 6.87. The van der Waals surface area contributed by atoms with Gasteiger partial charge >= 0.3 is 0 Å². The minimum absolute atomic E-state index is 0.0365. The van der Waals surface area contributed by atoms with E-state index in [1.807, 2.05) is 0 Å². The predicted octanol–water partition coefficient (Wildman–Crippen LogP) is 0.479. The molecule has 0 aromatic carbocycles. The Hall–Kier alpha value is -0.930. The summed E-state index contributed by atoms with van der Waals surface area (Å²) < 4.78 is 48.7.